The lowest BCUT2D eigenvalue weighted by Gasteiger charge is -2.13. The van der Waals surface area contributed by atoms with E-state index in [9.17, 15) is 4.79 Å². The highest BCUT2D eigenvalue weighted by Crippen LogP contribution is 2.32. The fourth-order valence-electron chi connectivity index (χ4n) is 3.68. The summed E-state index contributed by atoms with van der Waals surface area (Å²) in [4.78, 5) is 17.6. The van der Waals surface area contributed by atoms with Crippen LogP contribution in [0.25, 0.3) is 31.6 Å². The van der Waals surface area contributed by atoms with Crippen LogP contribution in [0, 0.1) is 6.92 Å². The van der Waals surface area contributed by atoms with Crippen molar-refractivity contribution >= 4 is 61.3 Å². The monoisotopic (exact) mass is 453 g/mol. The summed E-state index contributed by atoms with van der Waals surface area (Å²) in [6, 6.07) is 27.6. The van der Waals surface area contributed by atoms with Crippen LogP contribution >= 0.6 is 23.6 Å². The molecular formula is C26H19N3OS2. The highest BCUT2D eigenvalue weighted by atomic mass is 32.1. The maximum absolute atomic E-state index is 12.8. The van der Waals surface area contributed by atoms with Crippen molar-refractivity contribution in [2.75, 3.05) is 5.32 Å². The Morgan fingerprint density at radius 1 is 0.938 bits per heavy atom. The zero-order valence-corrected chi connectivity index (χ0v) is 18.9. The largest absolute Gasteiger partial charge is 0.332 e. The van der Waals surface area contributed by atoms with Crippen molar-refractivity contribution in [3.63, 3.8) is 0 Å². The molecule has 0 bridgehead atoms. The molecule has 1 heterocycles. The summed E-state index contributed by atoms with van der Waals surface area (Å²) >= 11 is 7.08. The first-order valence-corrected chi connectivity index (χ1v) is 11.4. The number of amides is 1. The third-order valence-corrected chi connectivity index (χ3v) is 6.57. The number of nitrogens with one attached hydrogen (secondary N) is 2. The highest BCUT2D eigenvalue weighted by molar-refractivity contribution is 7.80. The van der Waals surface area contributed by atoms with Crippen LogP contribution < -0.4 is 10.6 Å². The maximum atomic E-state index is 12.8. The summed E-state index contributed by atoms with van der Waals surface area (Å²) in [6.07, 6.45) is 0. The number of thiocarbonyl (C=S) groups is 1. The summed E-state index contributed by atoms with van der Waals surface area (Å²) in [5.41, 5.74) is 4.52. The van der Waals surface area contributed by atoms with Gasteiger partial charge in [0.05, 0.1) is 10.2 Å². The van der Waals surface area contributed by atoms with Crippen LogP contribution in [-0.4, -0.2) is 16.0 Å². The third-order valence-electron chi connectivity index (χ3n) is 5.28. The number of hydrogen-bond donors (Lipinski definition) is 2. The van der Waals surface area contributed by atoms with Crippen molar-refractivity contribution in [3.8, 4) is 10.6 Å². The molecule has 0 atom stereocenters. The summed E-state index contributed by atoms with van der Waals surface area (Å²) in [6.45, 7) is 2.01. The third kappa shape index (κ3) is 3.98. The average molecular weight is 454 g/mol. The predicted octanol–water partition coefficient (Wildman–Crippen LogP) is 6.55. The van der Waals surface area contributed by atoms with E-state index in [1.807, 2.05) is 73.7 Å². The molecule has 32 heavy (non-hydrogen) atoms. The number of para-hydroxylation sites is 1. The lowest BCUT2D eigenvalue weighted by Crippen LogP contribution is -2.34. The number of nitrogens with zero attached hydrogens (tertiary/aromatic N) is 1. The van der Waals surface area contributed by atoms with Crippen molar-refractivity contribution in [1.29, 1.82) is 0 Å². The van der Waals surface area contributed by atoms with Crippen LogP contribution in [0.2, 0.25) is 0 Å². The zero-order valence-electron chi connectivity index (χ0n) is 17.3. The van der Waals surface area contributed by atoms with Gasteiger partial charge in [0.1, 0.15) is 5.01 Å². The number of carbonyl (C=O) groups is 1. The molecular weight excluding hydrogens is 434 g/mol. The molecule has 4 nitrogen and oxygen atoms in total. The molecule has 5 aromatic rings. The molecule has 0 saturated heterocycles. The number of rotatable bonds is 3. The summed E-state index contributed by atoms with van der Waals surface area (Å²) in [7, 11) is 0. The van der Waals surface area contributed by atoms with Gasteiger partial charge in [0.15, 0.2) is 5.11 Å². The Bertz CT molecular complexity index is 1450. The van der Waals surface area contributed by atoms with E-state index >= 15 is 0 Å². The number of aromatic nitrogens is 1. The lowest BCUT2D eigenvalue weighted by atomic mass is 10.0. The molecule has 1 amide bonds. The van der Waals surface area contributed by atoms with Crippen molar-refractivity contribution in [3.05, 3.63) is 96.1 Å². The smallest absolute Gasteiger partial charge is 0.258 e. The van der Waals surface area contributed by atoms with Gasteiger partial charge in [-0.1, -0.05) is 48.5 Å². The molecule has 4 aromatic carbocycles. The highest BCUT2D eigenvalue weighted by Gasteiger charge is 2.13. The van der Waals surface area contributed by atoms with Crippen LogP contribution in [-0.2, 0) is 0 Å². The Morgan fingerprint density at radius 3 is 2.56 bits per heavy atom. The molecule has 0 unspecified atom stereocenters. The van der Waals surface area contributed by atoms with Gasteiger partial charge in [-0.25, -0.2) is 4.98 Å². The normalized spacial score (nSPS) is 10.9. The molecule has 0 saturated carbocycles. The first-order chi connectivity index (χ1) is 15.6. The van der Waals surface area contributed by atoms with E-state index in [2.05, 4.69) is 22.8 Å². The first kappa shape index (κ1) is 20.3. The van der Waals surface area contributed by atoms with Gasteiger partial charge in [-0.15, -0.1) is 11.3 Å². The fourth-order valence-corrected chi connectivity index (χ4v) is 4.84. The van der Waals surface area contributed by atoms with Gasteiger partial charge in [-0.05, 0) is 71.9 Å². The van der Waals surface area contributed by atoms with E-state index in [0.29, 0.717) is 5.56 Å². The number of carbonyl (C=O) groups excluding carboxylic acids is 1. The number of benzene rings is 4. The topological polar surface area (TPSA) is 54.0 Å². The van der Waals surface area contributed by atoms with Crippen molar-refractivity contribution in [2.24, 2.45) is 0 Å². The summed E-state index contributed by atoms with van der Waals surface area (Å²) in [5, 5.41) is 9.10. The van der Waals surface area contributed by atoms with E-state index in [1.165, 1.54) is 4.70 Å². The van der Waals surface area contributed by atoms with E-state index in [4.69, 9.17) is 17.2 Å². The number of aryl methyl sites for hydroxylation is 1. The number of fused-ring (bicyclic) bond motifs is 2. The Labute approximate surface area is 194 Å². The Hall–Kier alpha value is -3.61. The van der Waals surface area contributed by atoms with Crippen molar-refractivity contribution in [1.82, 2.24) is 10.3 Å². The lowest BCUT2D eigenvalue weighted by molar-refractivity contribution is 0.0979. The van der Waals surface area contributed by atoms with E-state index < -0.39 is 0 Å². The van der Waals surface area contributed by atoms with Gasteiger partial charge >= 0.3 is 0 Å². The molecule has 156 valence electrons. The van der Waals surface area contributed by atoms with Gasteiger partial charge in [0, 0.05) is 16.8 Å². The summed E-state index contributed by atoms with van der Waals surface area (Å²) in [5.74, 6) is -0.233. The molecule has 2 N–H and O–H groups in total. The van der Waals surface area contributed by atoms with Crippen LogP contribution in [0.5, 0.6) is 0 Å². The Morgan fingerprint density at radius 2 is 1.72 bits per heavy atom. The molecule has 0 radical (unpaired) electrons. The minimum absolute atomic E-state index is 0.233. The van der Waals surface area contributed by atoms with Gasteiger partial charge in [0.25, 0.3) is 5.91 Å². The quantitative estimate of drug-likeness (QED) is 0.304. The average Bonchev–Trinajstić information content (AvgIpc) is 3.24. The van der Waals surface area contributed by atoms with Crippen LogP contribution in [0.15, 0.2) is 84.9 Å². The molecule has 0 aliphatic heterocycles. The summed E-state index contributed by atoms with van der Waals surface area (Å²) < 4.78 is 1.17. The number of thiazole rings is 1. The number of hydrogen-bond acceptors (Lipinski definition) is 4. The zero-order chi connectivity index (χ0) is 22.1. The minimum Gasteiger partial charge on any atom is -0.332 e. The molecule has 0 fully saturated rings. The van der Waals surface area contributed by atoms with E-state index in [1.54, 1.807) is 17.4 Å². The second-order valence-corrected chi connectivity index (χ2v) is 8.89. The predicted molar refractivity (Wildman–Crippen MR) is 137 cm³/mol. The van der Waals surface area contributed by atoms with Gasteiger partial charge < -0.3 is 5.32 Å². The Balaban J connectivity index is 1.32. The SMILES string of the molecule is Cc1cc(-c2nc3ccccc3s2)ccc1NC(=S)NC(=O)c1cccc2ccccc12. The minimum atomic E-state index is -0.233. The van der Waals surface area contributed by atoms with Gasteiger partial charge in [0.2, 0.25) is 0 Å². The van der Waals surface area contributed by atoms with Crippen molar-refractivity contribution in [2.45, 2.75) is 6.92 Å². The Kier molecular flexibility index (Phi) is 5.39. The van der Waals surface area contributed by atoms with Gasteiger partial charge in [-0.2, -0.15) is 0 Å². The second-order valence-electron chi connectivity index (χ2n) is 7.45. The van der Waals surface area contributed by atoms with Crippen LogP contribution in [0.3, 0.4) is 0 Å². The van der Waals surface area contributed by atoms with Crippen LogP contribution in [0.4, 0.5) is 5.69 Å². The fraction of sp³-hybridized carbons (Fsp3) is 0.0385. The number of anilines is 1. The molecule has 6 heteroatoms. The molecule has 0 spiro atoms. The second kappa shape index (κ2) is 8.49. The molecule has 1 aromatic heterocycles. The van der Waals surface area contributed by atoms with E-state index in [-0.39, 0.29) is 11.0 Å². The molecule has 0 aliphatic rings. The molecule has 0 aliphatic carbocycles. The van der Waals surface area contributed by atoms with E-state index in [0.717, 1.165) is 38.1 Å². The first-order valence-electron chi connectivity index (χ1n) is 10.2. The van der Waals surface area contributed by atoms with Gasteiger partial charge in [-0.3, -0.25) is 10.1 Å². The van der Waals surface area contributed by atoms with Crippen LogP contribution in [0.1, 0.15) is 15.9 Å². The standard InChI is InChI=1S/C26H19N3OS2/c1-16-15-18(25-27-22-11-4-5-12-23(22)32-25)13-14-21(16)28-26(31)29-24(30)20-10-6-8-17-7-2-3-9-19(17)20/h2-15H,1H3,(H2,28,29,30,31). The van der Waals surface area contributed by atoms with Crippen molar-refractivity contribution < 1.29 is 4.79 Å². The maximum Gasteiger partial charge on any atom is 0.258 e. The molecule has 5 rings (SSSR count).